The summed E-state index contributed by atoms with van der Waals surface area (Å²) in [6.07, 6.45) is 0. The van der Waals surface area contributed by atoms with E-state index in [0.29, 0.717) is 21.7 Å². The van der Waals surface area contributed by atoms with E-state index in [-0.39, 0.29) is 10.9 Å². The Morgan fingerprint density at radius 3 is 2.25 bits per heavy atom. The smallest absolute Gasteiger partial charge is 0.262 e. The van der Waals surface area contributed by atoms with E-state index >= 15 is 0 Å². The van der Waals surface area contributed by atoms with Crippen LogP contribution in [-0.2, 0) is 4.79 Å². The highest BCUT2D eigenvalue weighted by Gasteiger charge is 2.36. The molecule has 0 fully saturated rings. The van der Waals surface area contributed by atoms with E-state index in [1.54, 1.807) is 31.2 Å². The standard InChI is InChI=1S/C16H13N3O4S/c1-8-13(9(2)20)24-16(17-8)18-12(21)7-19-14(22)10-5-3-4-6-11(10)15(19)23/h3-6H,7H2,1-2H3,(H,17,18,21). The van der Waals surface area contributed by atoms with Crippen molar-refractivity contribution in [2.75, 3.05) is 11.9 Å². The zero-order valence-electron chi connectivity index (χ0n) is 13.0. The van der Waals surface area contributed by atoms with Crippen molar-refractivity contribution >= 4 is 40.0 Å². The van der Waals surface area contributed by atoms with Crippen LogP contribution in [0.1, 0.15) is 43.0 Å². The topological polar surface area (TPSA) is 96.4 Å². The van der Waals surface area contributed by atoms with Gasteiger partial charge in [0.2, 0.25) is 5.91 Å². The zero-order chi connectivity index (χ0) is 17.4. The molecular weight excluding hydrogens is 330 g/mol. The van der Waals surface area contributed by atoms with Gasteiger partial charge < -0.3 is 5.32 Å². The molecule has 0 spiro atoms. The van der Waals surface area contributed by atoms with Crippen molar-refractivity contribution < 1.29 is 19.2 Å². The van der Waals surface area contributed by atoms with E-state index in [1.165, 1.54) is 6.92 Å². The van der Waals surface area contributed by atoms with E-state index in [4.69, 9.17) is 0 Å². The van der Waals surface area contributed by atoms with Gasteiger partial charge in [0, 0.05) is 6.92 Å². The number of aromatic nitrogens is 1. The van der Waals surface area contributed by atoms with Crippen LogP contribution in [0.25, 0.3) is 0 Å². The van der Waals surface area contributed by atoms with Gasteiger partial charge in [0.05, 0.1) is 21.7 Å². The molecule has 0 unspecified atom stereocenters. The molecule has 1 N–H and O–H groups in total. The van der Waals surface area contributed by atoms with E-state index in [0.717, 1.165) is 16.2 Å². The molecule has 24 heavy (non-hydrogen) atoms. The van der Waals surface area contributed by atoms with Crippen molar-refractivity contribution in [3.05, 3.63) is 46.0 Å². The second-order valence-electron chi connectivity index (χ2n) is 5.28. The number of nitrogens with zero attached hydrogens (tertiary/aromatic N) is 2. The van der Waals surface area contributed by atoms with Crippen LogP contribution in [0.5, 0.6) is 0 Å². The van der Waals surface area contributed by atoms with E-state index in [9.17, 15) is 19.2 Å². The van der Waals surface area contributed by atoms with Gasteiger partial charge in [-0.05, 0) is 19.1 Å². The van der Waals surface area contributed by atoms with Crippen molar-refractivity contribution in [2.24, 2.45) is 0 Å². The number of rotatable bonds is 4. The molecule has 7 nitrogen and oxygen atoms in total. The Hall–Kier alpha value is -2.87. The highest BCUT2D eigenvalue weighted by atomic mass is 32.1. The molecule has 0 aliphatic carbocycles. The summed E-state index contributed by atoms with van der Waals surface area (Å²) in [7, 11) is 0. The number of ketones is 1. The van der Waals surface area contributed by atoms with Crippen LogP contribution in [0.3, 0.4) is 0 Å². The quantitative estimate of drug-likeness (QED) is 0.675. The van der Waals surface area contributed by atoms with Crippen LogP contribution in [0, 0.1) is 6.92 Å². The van der Waals surface area contributed by atoms with E-state index < -0.39 is 24.3 Å². The summed E-state index contributed by atoms with van der Waals surface area (Å²) in [6.45, 7) is 2.69. The third-order valence-electron chi connectivity index (χ3n) is 3.54. The summed E-state index contributed by atoms with van der Waals surface area (Å²) in [5.74, 6) is -1.67. The number of amides is 3. The number of imide groups is 1. The van der Waals surface area contributed by atoms with Gasteiger partial charge in [-0.15, -0.1) is 0 Å². The van der Waals surface area contributed by atoms with Gasteiger partial charge >= 0.3 is 0 Å². The Morgan fingerprint density at radius 2 is 1.75 bits per heavy atom. The second-order valence-corrected chi connectivity index (χ2v) is 6.28. The summed E-state index contributed by atoms with van der Waals surface area (Å²) < 4.78 is 0. The molecule has 3 rings (SSSR count). The number of nitrogens with one attached hydrogen (secondary N) is 1. The number of carbonyl (C=O) groups is 4. The molecule has 2 aromatic rings. The second kappa shape index (κ2) is 5.97. The SMILES string of the molecule is CC(=O)c1sc(NC(=O)CN2C(=O)c3ccccc3C2=O)nc1C. The average molecular weight is 343 g/mol. The average Bonchev–Trinajstić information content (AvgIpc) is 3.01. The molecule has 122 valence electrons. The molecule has 0 bridgehead atoms. The minimum atomic E-state index is -0.548. The van der Waals surface area contributed by atoms with Gasteiger partial charge in [0.1, 0.15) is 6.54 Å². The van der Waals surface area contributed by atoms with Crippen LogP contribution in [0.4, 0.5) is 5.13 Å². The van der Waals surface area contributed by atoms with Crippen LogP contribution in [-0.4, -0.2) is 39.9 Å². The summed E-state index contributed by atoms with van der Waals surface area (Å²) in [5.41, 5.74) is 1.11. The van der Waals surface area contributed by atoms with Crippen LogP contribution in [0.15, 0.2) is 24.3 Å². The fourth-order valence-corrected chi connectivity index (χ4v) is 3.34. The molecule has 0 saturated carbocycles. The number of aryl methyl sites for hydroxylation is 1. The maximum Gasteiger partial charge on any atom is 0.262 e. The fraction of sp³-hybridized carbons (Fsp3) is 0.188. The Morgan fingerprint density at radius 1 is 1.17 bits per heavy atom. The summed E-state index contributed by atoms with van der Waals surface area (Å²) in [6, 6.07) is 6.43. The zero-order valence-corrected chi connectivity index (χ0v) is 13.8. The summed E-state index contributed by atoms with van der Waals surface area (Å²) in [5, 5.41) is 2.79. The first-order valence-corrected chi connectivity index (χ1v) is 7.93. The highest BCUT2D eigenvalue weighted by Crippen LogP contribution is 2.24. The van der Waals surface area contributed by atoms with Gasteiger partial charge in [-0.25, -0.2) is 4.98 Å². The maximum absolute atomic E-state index is 12.2. The summed E-state index contributed by atoms with van der Waals surface area (Å²) in [4.78, 5) is 53.4. The maximum atomic E-state index is 12.2. The lowest BCUT2D eigenvalue weighted by molar-refractivity contribution is -0.116. The largest absolute Gasteiger partial charge is 0.300 e. The first kappa shape index (κ1) is 16.0. The minimum absolute atomic E-state index is 0.133. The molecule has 1 aliphatic heterocycles. The molecule has 1 aromatic heterocycles. The Kier molecular flexibility index (Phi) is 3.98. The van der Waals surface area contributed by atoms with E-state index in [1.807, 2.05) is 0 Å². The van der Waals surface area contributed by atoms with Crippen LogP contribution >= 0.6 is 11.3 Å². The number of thiazole rings is 1. The first-order valence-electron chi connectivity index (χ1n) is 7.12. The fourth-order valence-electron chi connectivity index (χ4n) is 2.46. The highest BCUT2D eigenvalue weighted by molar-refractivity contribution is 7.17. The van der Waals surface area contributed by atoms with Gasteiger partial charge in [-0.3, -0.25) is 24.1 Å². The van der Waals surface area contributed by atoms with Crippen molar-refractivity contribution in [2.45, 2.75) is 13.8 Å². The van der Waals surface area contributed by atoms with Crippen LogP contribution in [0.2, 0.25) is 0 Å². The third-order valence-corrected chi connectivity index (χ3v) is 4.72. The molecule has 3 amide bonds. The van der Waals surface area contributed by atoms with Gasteiger partial charge in [-0.1, -0.05) is 23.5 Å². The van der Waals surface area contributed by atoms with Gasteiger partial charge in [0.15, 0.2) is 10.9 Å². The van der Waals surface area contributed by atoms with Crippen molar-refractivity contribution in [1.82, 2.24) is 9.88 Å². The minimum Gasteiger partial charge on any atom is -0.300 e. The molecule has 0 saturated heterocycles. The third kappa shape index (κ3) is 2.71. The predicted molar refractivity (Wildman–Crippen MR) is 87.3 cm³/mol. The Labute approximate surface area is 141 Å². The van der Waals surface area contributed by atoms with Crippen molar-refractivity contribution in [3.8, 4) is 0 Å². The first-order chi connectivity index (χ1) is 11.4. The molecule has 1 aromatic carbocycles. The van der Waals surface area contributed by atoms with Crippen LogP contribution < -0.4 is 5.32 Å². The number of anilines is 1. The Balaban J connectivity index is 1.72. The molecular formula is C16H13N3O4S. The monoisotopic (exact) mass is 343 g/mol. The van der Waals surface area contributed by atoms with Gasteiger partial charge in [0.25, 0.3) is 11.8 Å². The number of Topliss-reactive ketones (excluding diaryl/α,β-unsaturated/α-hetero) is 1. The van der Waals surface area contributed by atoms with E-state index in [2.05, 4.69) is 10.3 Å². The number of hydrogen-bond acceptors (Lipinski definition) is 6. The molecule has 2 heterocycles. The number of fused-ring (bicyclic) bond motifs is 1. The lowest BCUT2D eigenvalue weighted by Crippen LogP contribution is -2.37. The molecule has 0 atom stereocenters. The number of hydrogen-bond donors (Lipinski definition) is 1. The molecule has 1 aliphatic rings. The molecule has 8 heteroatoms. The predicted octanol–water partition coefficient (Wildman–Crippen LogP) is 1.89. The number of benzene rings is 1. The normalized spacial score (nSPS) is 13.2. The number of carbonyl (C=O) groups excluding carboxylic acids is 4. The van der Waals surface area contributed by atoms with Gasteiger partial charge in [-0.2, -0.15) is 0 Å². The van der Waals surface area contributed by atoms with Crippen molar-refractivity contribution in [3.63, 3.8) is 0 Å². The lowest BCUT2D eigenvalue weighted by atomic mass is 10.1. The van der Waals surface area contributed by atoms with Crippen molar-refractivity contribution in [1.29, 1.82) is 0 Å². The lowest BCUT2D eigenvalue weighted by Gasteiger charge is -2.12. The summed E-state index contributed by atoms with van der Waals surface area (Å²) >= 11 is 1.06. The molecule has 0 radical (unpaired) electrons. The Bertz CT molecular complexity index is 852.